The minimum Gasteiger partial charge on any atom is -0.478 e. The molecule has 0 amide bonds. The summed E-state index contributed by atoms with van der Waals surface area (Å²) in [6, 6.07) is 13.2. The highest BCUT2D eigenvalue weighted by molar-refractivity contribution is 7.98. The zero-order valence-corrected chi connectivity index (χ0v) is 11.6. The standard InChI is InChI=1S/C15H12N2O2S/c1-20-13-8-3-2-6-11(13)17-9-16-14-10(15(18)19)5-4-7-12(14)17/h2-9H,1H3,(H,18,19). The van der Waals surface area contributed by atoms with Crippen molar-refractivity contribution in [2.45, 2.75) is 4.90 Å². The van der Waals surface area contributed by atoms with E-state index in [-0.39, 0.29) is 5.56 Å². The van der Waals surface area contributed by atoms with E-state index in [0.717, 1.165) is 16.1 Å². The molecule has 5 heteroatoms. The maximum absolute atomic E-state index is 11.2. The van der Waals surface area contributed by atoms with Gasteiger partial charge in [0.2, 0.25) is 0 Å². The van der Waals surface area contributed by atoms with Crippen LogP contribution in [0.5, 0.6) is 0 Å². The lowest BCUT2D eigenvalue weighted by Gasteiger charge is -2.09. The van der Waals surface area contributed by atoms with Crippen molar-refractivity contribution in [3.8, 4) is 5.69 Å². The molecule has 0 saturated heterocycles. The van der Waals surface area contributed by atoms with E-state index >= 15 is 0 Å². The third kappa shape index (κ3) is 1.96. The van der Waals surface area contributed by atoms with Gasteiger partial charge in [-0.15, -0.1) is 11.8 Å². The molecule has 1 aromatic heterocycles. The number of hydrogen-bond acceptors (Lipinski definition) is 3. The van der Waals surface area contributed by atoms with Crippen LogP contribution in [0.25, 0.3) is 16.7 Å². The molecule has 0 saturated carbocycles. The second-order valence-electron chi connectivity index (χ2n) is 4.26. The van der Waals surface area contributed by atoms with Gasteiger partial charge in [-0.2, -0.15) is 0 Å². The van der Waals surface area contributed by atoms with E-state index in [1.807, 2.05) is 41.2 Å². The molecule has 2 aromatic carbocycles. The van der Waals surface area contributed by atoms with Gasteiger partial charge in [0, 0.05) is 4.90 Å². The summed E-state index contributed by atoms with van der Waals surface area (Å²) in [5, 5.41) is 9.21. The minimum absolute atomic E-state index is 0.225. The number of fused-ring (bicyclic) bond motifs is 1. The predicted molar refractivity (Wildman–Crippen MR) is 79.8 cm³/mol. The second kappa shape index (κ2) is 5.02. The number of hydrogen-bond donors (Lipinski definition) is 1. The molecule has 0 unspecified atom stereocenters. The molecular formula is C15H12N2O2S. The Bertz CT molecular complexity index is 795. The molecule has 4 nitrogen and oxygen atoms in total. The van der Waals surface area contributed by atoms with Gasteiger partial charge < -0.3 is 5.11 Å². The first-order valence-corrected chi connectivity index (χ1v) is 7.27. The fourth-order valence-electron chi connectivity index (χ4n) is 2.23. The molecule has 0 fully saturated rings. The molecule has 0 radical (unpaired) electrons. The summed E-state index contributed by atoms with van der Waals surface area (Å²) in [6.45, 7) is 0. The lowest BCUT2D eigenvalue weighted by atomic mass is 10.2. The molecule has 0 bridgehead atoms. The molecule has 0 aliphatic carbocycles. The third-order valence-electron chi connectivity index (χ3n) is 3.15. The van der Waals surface area contributed by atoms with Crippen LogP contribution < -0.4 is 0 Å². The van der Waals surface area contributed by atoms with Crippen molar-refractivity contribution in [1.82, 2.24) is 9.55 Å². The van der Waals surface area contributed by atoms with Gasteiger partial charge in [0.05, 0.1) is 16.8 Å². The van der Waals surface area contributed by atoms with Gasteiger partial charge in [-0.1, -0.05) is 18.2 Å². The average molecular weight is 284 g/mol. The fourth-order valence-corrected chi connectivity index (χ4v) is 2.82. The highest BCUT2D eigenvalue weighted by Crippen LogP contribution is 2.27. The Balaban J connectivity index is 2.28. The van der Waals surface area contributed by atoms with E-state index < -0.39 is 5.97 Å². The predicted octanol–water partition coefficient (Wildman–Crippen LogP) is 3.45. The number of aromatic nitrogens is 2. The second-order valence-corrected chi connectivity index (χ2v) is 5.11. The molecule has 0 aliphatic rings. The molecule has 0 atom stereocenters. The van der Waals surface area contributed by atoms with Gasteiger partial charge in [-0.25, -0.2) is 9.78 Å². The Hall–Kier alpha value is -2.27. The summed E-state index contributed by atoms with van der Waals surface area (Å²) < 4.78 is 1.92. The Labute approximate surface area is 120 Å². The van der Waals surface area contributed by atoms with Crippen LogP contribution in [0, 0.1) is 0 Å². The lowest BCUT2D eigenvalue weighted by Crippen LogP contribution is -1.98. The van der Waals surface area contributed by atoms with Gasteiger partial charge in [-0.05, 0) is 30.5 Å². The number of nitrogens with zero attached hydrogens (tertiary/aromatic N) is 2. The number of carbonyl (C=O) groups is 1. The van der Waals surface area contributed by atoms with Gasteiger partial charge >= 0.3 is 5.97 Å². The van der Waals surface area contributed by atoms with Crippen molar-refractivity contribution >= 4 is 28.8 Å². The monoisotopic (exact) mass is 284 g/mol. The van der Waals surface area contributed by atoms with Crippen molar-refractivity contribution in [3.63, 3.8) is 0 Å². The largest absolute Gasteiger partial charge is 0.478 e. The summed E-state index contributed by atoms with van der Waals surface area (Å²) in [5.41, 5.74) is 2.54. The molecule has 1 N–H and O–H groups in total. The quantitative estimate of drug-likeness (QED) is 0.748. The first-order chi connectivity index (χ1) is 9.72. The number of rotatable bonds is 3. The van der Waals surface area contributed by atoms with Crippen molar-refractivity contribution < 1.29 is 9.90 Å². The minimum atomic E-state index is -0.959. The number of carboxylic acids is 1. The number of imidazole rings is 1. The van der Waals surface area contributed by atoms with E-state index in [9.17, 15) is 9.90 Å². The van der Waals surface area contributed by atoms with Crippen LogP contribution in [0.1, 0.15) is 10.4 Å². The van der Waals surface area contributed by atoms with E-state index in [0.29, 0.717) is 5.52 Å². The van der Waals surface area contributed by atoms with E-state index in [1.165, 1.54) is 0 Å². The first-order valence-electron chi connectivity index (χ1n) is 6.05. The Morgan fingerprint density at radius 1 is 1.20 bits per heavy atom. The van der Waals surface area contributed by atoms with Gasteiger partial charge in [-0.3, -0.25) is 4.57 Å². The summed E-state index contributed by atoms with van der Waals surface area (Å²) in [5.74, 6) is -0.959. The van der Waals surface area contributed by atoms with Crippen LogP contribution in [0.2, 0.25) is 0 Å². The highest BCUT2D eigenvalue weighted by atomic mass is 32.2. The number of thioether (sulfide) groups is 1. The molecular weight excluding hydrogens is 272 g/mol. The van der Waals surface area contributed by atoms with Crippen molar-refractivity contribution in [3.05, 3.63) is 54.4 Å². The Morgan fingerprint density at radius 3 is 2.75 bits per heavy atom. The zero-order chi connectivity index (χ0) is 14.1. The van der Waals surface area contributed by atoms with Gasteiger partial charge in [0.1, 0.15) is 11.8 Å². The van der Waals surface area contributed by atoms with Crippen LogP contribution in [0.15, 0.2) is 53.7 Å². The average Bonchev–Trinajstić information content (AvgIpc) is 2.90. The summed E-state index contributed by atoms with van der Waals surface area (Å²) in [7, 11) is 0. The van der Waals surface area contributed by atoms with Gasteiger partial charge in [0.25, 0.3) is 0 Å². The zero-order valence-electron chi connectivity index (χ0n) is 10.8. The normalized spacial score (nSPS) is 10.8. The van der Waals surface area contributed by atoms with E-state index in [1.54, 1.807) is 30.2 Å². The molecule has 3 rings (SSSR count). The van der Waals surface area contributed by atoms with Crippen molar-refractivity contribution in [2.75, 3.05) is 6.26 Å². The van der Waals surface area contributed by atoms with E-state index in [2.05, 4.69) is 4.98 Å². The maximum atomic E-state index is 11.2. The first kappa shape index (κ1) is 12.7. The van der Waals surface area contributed by atoms with Crippen LogP contribution >= 0.6 is 11.8 Å². The molecule has 3 aromatic rings. The molecule has 0 aliphatic heterocycles. The molecule has 0 spiro atoms. The molecule has 1 heterocycles. The smallest absolute Gasteiger partial charge is 0.337 e. The number of para-hydroxylation sites is 2. The summed E-state index contributed by atoms with van der Waals surface area (Å²) in [6.07, 6.45) is 3.69. The van der Waals surface area contributed by atoms with Crippen LogP contribution in [0.3, 0.4) is 0 Å². The number of aromatic carboxylic acids is 1. The topological polar surface area (TPSA) is 55.1 Å². The summed E-state index contributed by atoms with van der Waals surface area (Å²) in [4.78, 5) is 16.6. The van der Waals surface area contributed by atoms with Crippen LogP contribution in [0.4, 0.5) is 0 Å². The lowest BCUT2D eigenvalue weighted by molar-refractivity contribution is 0.0699. The van der Waals surface area contributed by atoms with Gasteiger partial charge in [0.15, 0.2) is 0 Å². The summed E-state index contributed by atoms with van der Waals surface area (Å²) >= 11 is 1.65. The third-order valence-corrected chi connectivity index (χ3v) is 3.94. The van der Waals surface area contributed by atoms with E-state index in [4.69, 9.17) is 0 Å². The maximum Gasteiger partial charge on any atom is 0.337 e. The van der Waals surface area contributed by atoms with Crippen molar-refractivity contribution in [2.24, 2.45) is 0 Å². The SMILES string of the molecule is CSc1ccccc1-n1cnc2c(C(=O)O)cccc21. The molecule has 100 valence electrons. The fraction of sp³-hybridized carbons (Fsp3) is 0.0667. The Morgan fingerprint density at radius 2 is 2.00 bits per heavy atom. The van der Waals surface area contributed by atoms with Crippen LogP contribution in [-0.2, 0) is 0 Å². The molecule has 20 heavy (non-hydrogen) atoms. The Kier molecular flexibility index (Phi) is 3.20. The van der Waals surface area contributed by atoms with Crippen molar-refractivity contribution in [1.29, 1.82) is 0 Å². The van der Waals surface area contributed by atoms with Crippen LogP contribution in [-0.4, -0.2) is 26.9 Å². The highest BCUT2D eigenvalue weighted by Gasteiger charge is 2.14. The number of benzene rings is 2. The number of carboxylic acid groups (broad SMARTS) is 1.